The molecule has 0 aliphatic rings. The van der Waals surface area contributed by atoms with E-state index in [1.165, 1.54) is 0 Å². The Kier molecular flexibility index (Phi) is 3.03. The van der Waals surface area contributed by atoms with Crippen LogP contribution in [-0.2, 0) is 13.1 Å². The topological polar surface area (TPSA) is 95.7 Å². The third kappa shape index (κ3) is 2.50. The largest absolute Gasteiger partial charge is 0.419 e. The van der Waals surface area contributed by atoms with Gasteiger partial charge in [0.05, 0.1) is 11.9 Å². The Morgan fingerprint density at radius 2 is 1.95 bits per heavy atom. The summed E-state index contributed by atoms with van der Waals surface area (Å²) in [6.45, 7) is 0.742. The van der Waals surface area contributed by atoms with Gasteiger partial charge in [0.15, 0.2) is 0 Å². The highest BCUT2D eigenvalue weighted by Gasteiger charge is 2.09. The molecular weight excluding hydrogens is 244 g/mol. The molecule has 96 valence electrons. The molecule has 0 spiro atoms. The highest BCUT2D eigenvalue weighted by Crippen LogP contribution is 2.17. The molecular formula is C12H12N6O. The van der Waals surface area contributed by atoms with Crippen LogP contribution in [0.5, 0.6) is 0 Å². The van der Waals surface area contributed by atoms with Gasteiger partial charge in [-0.25, -0.2) is 4.68 Å². The maximum atomic E-state index is 5.57. The van der Waals surface area contributed by atoms with E-state index in [0.29, 0.717) is 24.9 Å². The molecule has 2 N–H and O–H groups in total. The van der Waals surface area contributed by atoms with Gasteiger partial charge in [0, 0.05) is 12.1 Å². The standard InChI is InChI=1S/C12H12N6O/c13-6-10-7-18(17-14-10)8-11-15-16-12(19-11)9-4-2-1-3-5-9/h1-5,7H,6,8,13H2. The summed E-state index contributed by atoms with van der Waals surface area (Å²) in [6, 6.07) is 9.61. The van der Waals surface area contributed by atoms with Gasteiger partial charge in [0.2, 0.25) is 11.8 Å². The van der Waals surface area contributed by atoms with Gasteiger partial charge in [-0.05, 0) is 12.1 Å². The number of hydrogen-bond acceptors (Lipinski definition) is 6. The van der Waals surface area contributed by atoms with E-state index in [2.05, 4.69) is 20.5 Å². The maximum absolute atomic E-state index is 5.57. The molecule has 0 fully saturated rings. The first kappa shape index (κ1) is 11.5. The van der Waals surface area contributed by atoms with Crippen molar-refractivity contribution in [2.24, 2.45) is 5.73 Å². The number of aromatic nitrogens is 5. The lowest BCUT2D eigenvalue weighted by Crippen LogP contribution is -2.00. The van der Waals surface area contributed by atoms with Gasteiger partial charge >= 0.3 is 0 Å². The third-order valence-electron chi connectivity index (χ3n) is 2.58. The van der Waals surface area contributed by atoms with Crippen molar-refractivity contribution < 1.29 is 4.42 Å². The minimum absolute atomic E-state index is 0.360. The van der Waals surface area contributed by atoms with Gasteiger partial charge in [-0.15, -0.1) is 15.3 Å². The van der Waals surface area contributed by atoms with E-state index in [1.807, 2.05) is 30.3 Å². The summed E-state index contributed by atoms with van der Waals surface area (Å²) in [5.41, 5.74) is 7.09. The number of nitrogens with two attached hydrogens (primary N) is 1. The van der Waals surface area contributed by atoms with Crippen molar-refractivity contribution in [1.29, 1.82) is 0 Å². The van der Waals surface area contributed by atoms with Gasteiger partial charge in [-0.1, -0.05) is 23.4 Å². The first-order chi connectivity index (χ1) is 9.35. The highest BCUT2D eigenvalue weighted by molar-refractivity contribution is 5.51. The first-order valence-electron chi connectivity index (χ1n) is 5.82. The Labute approximate surface area is 109 Å². The molecule has 0 unspecified atom stereocenters. The van der Waals surface area contributed by atoms with Gasteiger partial charge < -0.3 is 10.2 Å². The van der Waals surface area contributed by atoms with Crippen molar-refractivity contribution in [1.82, 2.24) is 25.2 Å². The van der Waals surface area contributed by atoms with Crippen molar-refractivity contribution >= 4 is 0 Å². The SMILES string of the molecule is NCc1cn(Cc2nnc(-c3ccccc3)o2)nn1. The minimum Gasteiger partial charge on any atom is -0.419 e. The molecule has 0 bridgehead atoms. The maximum Gasteiger partial charge on any atom is 0.247 e. The molecule has 0 saturated carbocycles. The zero-order valence-corrected chi connectivity index (χ0v) is 10.1. The second-order valence-corrected chi connectivity index (χ2v) is 3.98. The Bertz CT molecular complexity index is 660. The smallest absolute Gasteiger partial charge is 0.247 e. The van der Waals surface area contributed by atoms with Crippen molar-refractivity contribution in [3.63, 3.8) is 0 Å². The van der Waals surface area contributed by atoms with Crippen molar-refractivity contribution in [3.8, 4) is 11.5 Å². The second-order valence-electron chi connectivity index (χ2n) is 3.98. The van der Waals surface area contributed by atoms with Crippen molar-refractivity contribution in [2.45, 2.75) is 13.1 Å². The summed E-state index contributed by atoms with van der Waals surface area (Å²) < 4.78 is 7.19. The summed E-state index contributed by atoms with van der Waals surface area (Å²) in [4.78, 5) is 0. The van der Waals surface area contributed by atoms with Crippen LogP contribution in [0.4, 0.5) is 0 Å². The van der Waals surface area contributed by atoms with Crippen LogP contribution in [0.15, 0.2) is 40.9 Å². The minimum atomic E-state index is 0.360. The van der Waals surface area contributed by atoms with Crippen molar-refractivity contribution in [2.75, 3.05) is 0 Å². The Balaban J connectivity index is 1.78. The molecule has 19 heavy (non-hydrogen) atoms. The van der Waals surface area contributed by atoms with E-state index in [1.54, 1.807) is 10.9 Å². The van der Waals surface area contributed by atoms with Gasteiger partial charge in [-0.3, -0.25) is 0 Å². The molecule has 3 aromatic rings. The molecule has 2 aromatic heterocycles. The lowest BCUT2D eigenvalue weighted by atomic mass is 10.2. The van der Waals surface area contributed by atoms with Crippen LogP contribution in [0, 0.1) is 0 Å². The van der Waals surface area contributed by atoms with Crippen LogP contribution < -0.4 is 5.73 Å². The van der Waals surface area contributed by atoms with Crippen LogP contribution in [0.3, 0.4) is 0 Å². The van der Waals surface area contributed by atoms with E-state index in [4.69, 9.17) is 10.2 Å². The fourth-order valence-electron chi connectivity index (χ4n) is 1.66. The molecule has 0 aliphatic heterocycles. The van der Waals surface area contributed by atoms with Gasteiger partial charge in [-0.2, -0.15) is 0 Å². The fraction of sp³-hybridized carbons (Fsp3) is 0.167. The molecule has 0 saturated heterocycles. The molecule has 0 amide bonds. The summed E-state index contributed by atoms with van der Waals surface area (Å²) >= 11 is 0. The zero-order chi connectivity index (χ0) is 13.1. The van der Waals surface area contributed by atoms with E-state index < -0.39 is 0 Å². The molecule has 0 atom stereocenters. The normalized spacial score (nSPS) is 10.8. The van der Waals surface area contributed by atoms with Gasteiger partial charge in [0.1, 0.15) is 6.54 Å². The predicted molar refractivity (Wildman–Crippen MR) is 66.7 cm³/mol. The molecule has 3 rings (SSSR count). The van der Waals surface area contributed by atoms with Crippen LogP contribution in [-0.4, -0.2) is 25.2 Å². The Morgan fingerprint density at radius 3 is 2.68 bits per heavy atom. The molecule has 0 radical (unpaired) electrons. The Morgan fingerprint density at radius 1 is 1.11 bits per heavy atom. The van der Waals surface area contributed by atoms with Crippen LogP contribution in [0.2, 0.25) is 0 Å². The average Bonchev–Trinajstić information content (AvgIpc) is 3.09. The van der Waals surface area contributed by atoms with Crippen molar-refractivity contribution in [3.05, 3.63) is 48.1 Å². The third-order valence-corrected chi connectivity index (χ3v) is 2.58. The number of benzene rings is 1. The Hall–Kier alpha value is -2.54. The number of rotatable bonds is 4. The second kappa shape index (κ2) is 4.99. The van der Waals surface area contributed by atoms with E-state index >= 15 is 0 Å². The van der Waals surface area contributed by atoms with E-state index in [0.717, 1.165) is 11.3 Å². The van der Waals surface area contributed by atoms with E-state index in [9.17, 15) is 0 Å². The summed E-state index contributed by atoms with van der Waals surface area (Å²) in [5, 5.41) is 15.8. The first-order valence-corrected chi connectivity index (χ1v) is 5.82. The monoisotopic (exact) mass is 256 g/mol. The van der Waals surface area contributed by atoms with Crippen LogP contribution in [0.25, 0.3) is 11.5 Å². The van der Waals surface area contributed by atoms with Crippen LogP contribution in [0.1, 0.15) is 11.6 Å². The van der Waals surface area contributed by atoms with E-state index in [-0.39, 0.29) is 0 Å². The zero-order valence-electron chi connectivity index (χ0n) is 10.1. The fourth-order valence-corrected chi connectivity index (χ4v) is 1.66. The van der Waals surface area contributed by atoms with Gasteiger partial charge in [0.25, 0.3) is 0 Å². The number of hydrogen-bond donors (Lipinski definition) is 1. The highest BCUT2D eigenvalue weighted by atomic mass is 16.4. The quantitative estimate of drug-likeness (QED) is 0.743. The lowest BCUT2D eigenvalue weighted by Gasteiger charge is -1.94. The molecule has 0 aliphatic carbocycles. The molecule has 2 heterocycles. The molecule has 7 heteroatoms. The van der Waals surface area contributed by atoms with Crippen LogP contribution >= 0.6 is 0 Å². The summed E-state index contributed by atoms with van der Waals surface area (Å²) in [7, 11) is 0. The number of nitrogens with zero attached hydrogens (tertiary/aromatic N) is 5. The summed E-state index contributed by atoms with van der Waals surface area (Å²) in [6.07, 6.45) is 1.76. The predicted octanol–water partition coefficient (Wildman–Crippen LogP) is 0.835. The summed E-state index contributed by atoms with van der Waals surface area (Å²) in [5.74, 6) is 0.974. The average molecular weight is 256 g/mol. The molecule has 1 aromatic carbocycles. The lowest BCUT2D eigenvalue weighted by molar-refractivity contribution is 0.469. The molecule has 7 nitrogen and oxygen atoms in total.